The van der Waals surface area contributed by atoms with Crippen LogP contribution in [0.4, 0.5) is 10.1 Å². The summed E-state index contributed by atoms with van der Waals surface area (Å²) in [7, 11) is 0. The van der Waals surface area contributed by atoms with Gasteiger partial charge in [-0.15, -0.1) is 0 Å². The lowest BCUT2D eigenvalue weighted by atomic mass is 9.85. The van der Waals surface area contributed by atoms with Crippen LogP contribution in [0.25, 0.3) is 0 Å². The van der Waals surface area contributed by atoms with Gasteiger partial charge in [-0.05, 0) is 31.2 Å². The third kappa shape index (κ3) is 2.70. The molecule has 0 fully saturated rings. The van der Waals surface area contributed by atoms with Crippen LogP contribution in [0.3, 0.4) is 0 Å². The maximum Gasteiger partial charge on any atom is 0.261 e. The Kier molecular flexibility index (Phi) is 3.80. The summed E-state index contributed by atoms with van der Waals surface area (Å²) in [5, 5.41) is 2.74. The van der Waals surface area contributed by atoms with E-state index in [1.165, 1.54) is 12.1 Å². The average molecular weight is 383 g/mol. The van der Waals surface area contributed by atoms with E-state index in [1.54, 1.807) is 24.3 Å². The van der Waals surface area contributed by atoms with Crippen molar-refractivity contribution in [3.8, 4) is 17.2 Å². The summed E-state index contributed by atoms with van der Waals surface area (Å²) >= 11 is 0. The summed E-state index contributed by atoms with van der Waals surface area (Å²) in [6, 6.07) is 9.61. The zero-order valence-corrected chi connectivity index (χ0v) is 15.2. The van der Waals surface area contributed by atoms with E-state index in [4.69, 9.17) is 18.9 Å². The van der Waals surface area contributed by atoms with Gasteiger partial charge in [0.1, 0.15) is 24.3 Å². The lowest BCUT2D eigenvalue weighted by Gasteiger charge is -2.35. The van der Waals surface area contributed by atoms with Gasteiger partial charge in [-0.3, -0.25) is 4.79 Å². The van der Waals surface area contributed by atoms with Crippen molar-refractivity contribution in [2.45, 2.75) is 25.0 Å². The highest BCUT2D eigenvalue weighted by Gasteiger charge is 2.51. The van der Waals surface area contributed by atoms with Crippen molar-refractivity contribution >= 4 is 11.6 Å². The van der Waals surface area contributed by atoms with E-state index in [2.05, 4.69) is 5.32 Å². The van der Waals surface area contributed by atoms with Crippen molar-refractivity contribution in [2.75, 3.05) is 18.7 Å². The summed E-state index contributed by atoms with van der Waals surface area (Å²) in [5.41, 5.74) is 0.956. The average Bonchev–Trinajstić information content (AvgIpc) is 3.22. The van der Waals surface area contributed by atoms with Gasteiger partial charge < -0.3 is 24.3 Å². The van der Waals surface area contributed by atoms with Crippen molar-refractivity contribution < 1.29 is 28.1 Å². The van der Waals surface area contributed by atoms with Gasteiger partial charge in [-0.25, -0.2) is 4.39 Å². The van der Waals surface area contributed by atoms with Crippen LogP contribution in [0.2, 0.25) is 0 Å². The van der Waals surface area contributed by atoms with Crippen LogP contribution in [0.5, 0.6) is 17.2 Å². The smallest absolute Gasteiger partial charge is 0.261 e. The van der Waals surface area contributed by atoms with Gasteiger partial charge >= 0.3 is 0 Å². The number of ether oxygens (including phenoxy) is 4. The van der Waals surface area contributed by atoms with Gasteiger partial charge in [0, 0.05) is 18.1 Å². The molecular weight excluding hydrogens is 365 g/mol. The molecule has 6 nitrogen and oxygen atoms in total. The van der Waals surface area contributed by atoms with Gasteiger partial charge in [-0.2, -0.15) is 0 Å². The van der Waals surface area contributed by atoms with Crippen molar-refractivity contribution in [2.24, 2.45) is 0 Å². The SMILES string of the molecule is CC1=C[C@@H](COc2ccc3c(c2)OCO3)O[C@@]2(C1)C(=O)Nc1cc(F)ccc12. The fourth-order valence-corrected chi connectivity index (χ4v) is 3.94. The number of rotatable bonds is 3. The highest BCUT2D eigenvalue weighted by Crippen LogP contribution is 2.46. The summed E-state index contributed by atoms with van der Waals surface area (Å²) in [5.74, 6) is 1.26. The summed E-state index contributed by atoms with van der Waals surface area (Å²) in [6.45, 7) is 2.37. The third-order valence-electron chi connectivity index (χ3n) is 5.14. The lowest BCUT2D eigenvalue weighted by Crippen LogP contribution is -2.44. The van der Waals surface area contributed by atoms with Crippen LogP contribution in [0.1, 0.15) is 18.9 Å². The van der Waals surface area contributed by atoms with Crippen molar-refractivity contribution in [1.29, 1.82) is 0 Å². The first-order valence-electron chi connectivity index (χ1n) is 9.02. The Labute approximate surface area is 160 Å². The van der Waals surface area contributed by atoms with Crippen molar-refractivity contribution in [3.63, 3.8) is 0 Å². The van der Waals surface area contributed by atoms with E-state index in [-0.39, 0.29) is 19.3 Å². The maximum atomic E-state index is 13.6. The number of amides is 1. The lowest BCUT2D eigenvalue weighted by molar-refractivity contribution is -0.151. The molecule has 3 heterocycles. The highest BCUT2D eigenvalue weighted by atomic mass is 19.1. The number of hydrogen-bond acceptors (Lipinski definition) is 5. The largest absolute Gasteiger partial charge is 0.490 e. The Morgan fingerprint density at radius 2 is 2.07 bits per heavy atom. The van der Waals surface area contributed by atoms with Gasteiger partial charge in [0.15, 0.2) is 17.1 Å². The second kappa shape index (κ2) is 6.24. The van der Waals surface area contributed by atoms with E-state index in [9.17, 15) is 9.18 Å². The molecule has 3 aliphatic heterocycles. The highest BCUT2D eigenvalue weighted by molar-refractivity contribution is 6.05. The number of carbonyl (C=O) groups excluding carboxylic acids is 1. The standard InChI is InChI=1S/C21H18FNO5/c1-12-6-15(10-25-14-3-5-18-19(8-14)27-11-26-18)28-21(9-12)16-4-2-13(22)7-17(16)23-20(21)24/h2-8,15H,9-11H2,1H3,(H,23,24)/t15-,21+/m0/s1. The molecule has 2 aromatic rings. The molecule has 7 heteroatoms. The second-order valence-electron chi connectivity index (χ2n) is 7.14. The molecule has 0 aromatic heterocycles. The monoisotopic (exact) mass is 383 g/mol. The minimum absolute atomic E-state index is 0.199. The number of fused-ring (bicyclic) bond motifs is 3. The van der Waals surface area contributed by atoms with Crippen LogP contribution < -0.4 is 19.5 Å². The molecule has 0 radical (unpaired) electrons. The Morgan fingerprint density at radius 1 is 1.21 bits per heavy atom. The molecule has 2 aromatic carbocycles. The molecule has 0 saturated carbocycles. The van der Waals surface area contributed by atoms with Crippen molar-refractivity contribution in [1.82, 2.24) is 0 Å². The van der Waals surface area contributed by atoms with E-state index >= 15 is 0 Å². The Bertz CT molecular complexity index is 1000. The molecule has 0 saturated heterocycles. The van der Waals surface area contributed by atoms with Crippen LogP contribution in [-0.4, -0.2) is 25.4 Å². The first-order valence-corrected chi connectivity index (χ1v) is 9.02. The fraction of sp³-hybridized carbons (Fsp3) is 0.286. The summed E-state index contributed by atoms with van der Waals surface area (Å²) in [4.78, 5) is 12.8. The first kappa shape index (κ1) is 17.1. The topological polar surface area (TPSA) is 66.0 Å². The molecule has 144 valence electrons. The van der Waals surface area contributed by atoms with Gasteiger partial charge in [0.25, 0.3) is 5.91 Å². The first-order chi connectivity index (χ1) is 13.5. The van der Waals surface area contributed by atoms with E-state index in [0.29, 0.717) is 34.9 Å². The molecule has 0 bridgehead atoms. The second-order valence-corrected chi connectivity index (χ2v) is 7.14. The molecule has 2 atom stereocenters. The number of carbonyl (C=O) groups is 1. The van der Waals surface area contributed by atoms with Gasteiger partial charge in [-0.1, -0.05) is 17.7 Å². The molecule has 5 rings (SSSR count). The van der Waals surface area contributed by atoms with Crippen LogP contribution >= 0.6 is 0 Å². The zero-order chi connectivity index (χ0) is 19.3. The molecule has 1 spiro atoms. The number of halogens is 1. The normalized spacial score (nSPS) is 24.7. The molecule has 0 aliphatic carbocycles. The molecule has 1 N–H and O–H groups in total. The molecule has 3 aliphatic rings. The number of anilines is 1. The molecule has 0 unspecified atom stereocenters. The summed E-state index contributed by atoms with van der Waals surface area (Å²) in [6.07, 6.45) is 1.94. The summed E-state index contributed by atoms with van der Waals surface area (Å²) < 4.78 is 36.3. The molecular formula is C21H18FNO5. The third-order valence-corrected chi connectivity index (χ3v) is 5.14. The van der Waals surface area contributed by atoms with Crippen LogP contribution in [0.15, 0.2) is 48.0 Å². The maximum absolute atomic E-state index is 13.6. The quantitative estimate of drug-likeness (QED) is 0.822. The van der Waals surface area contributed by atoms with Gasteiger partial charge in [0.05, 0.1) is 5.69 Å². The fourth-order valence-electron chi connectivity index (χ4n) is 3.94. The Hall–Kier alpha value is -3.06. The Balaban J connectivity index is 1.37. The van der Waals surface area contributed by atoms with Crippen molar-refractivity contribution in [3.05, 3.63) is 59.4 Å². The van der Waals surface area contributed by atoms with Gasteiger partial charge in [0.2, 0.25) is 6.79 Å². The van der Waals surface area contributed by atoms with E-state index in [0.717, 1.165) is 5.57 Å². The Morgan fingerprint density at radius 3 is 2.96 bits per heavy atom. The minimum atomic E-state index is -1.16. The van der Waals surface area contributed by atoms with Crippen LogP contribution in [0, 0.1) is 5.82 Å². The number of nitrogens with one attached hydrogen (secondary N) is 1. The minimum Gasteiger partial charge on any atom is -0.490 e. The predicted octanol–water partition coefficient (Wildman–Crippen LogP) is 3.52. The van der Waals surface area contributed by atoms with Crippen LogP contribution in [-0.2, 0) is 15.1 Å². The number of hydrogen-bond donors (Lipinski definition) is 1. The van der Waals surface area contributed by atoms with E-state index < -0.39 is 17.5 Å². The number of benzene rings is 2. The van der Waals surface area contributed by atoms with E-state index in [1.807, 2.05) is 13.0 Å². The zero-order valence-electron chi connectivity index (χ0n) is 15.2. The predicted molar refractivity (Wildman–Crippen MR) is 98.0 cm³/mol. The molecule has 28 heavy (non-hydrogen) atoms. The molecule has 1 amide bonds.